The van der Waals surface area contributed by atoms with Gasteiger partial charge in [-0.25, -0.2) is 0 Å². The minimum Gasteiger partial charge on any atom is -0.459 e. The second kappa shape index (κ2) is 8.67. The largest absolute Gasteiger partial charge is 0.459 e. The van der Waals surface area contributed by atoms with E-state index < -0.39 is 0 Å². The standard InChI is InChI=1S/C23H17ClN2O3S/c24-19-10-8-15(21-11-9-16(13-27)29-21)12-20(19)25-23(30)26-22(28)18-7-3-5-14-4-1-2-6-17(14)18/h1-12,27H,13H2,(H2,25,26,28,30). The molecule has 150 valence electrons. The van der Waals surface area contributed by atoms with Crippen molar-refractivity contribution in [3.8, 4) is 11.3 Å². The number of aliphatic hydroxyl groups excluding tert-OH is 1. The summed E-state index contributed by atoms with van der Waals surface area (Å²) in [4.78, 5) is 12.8. The van der Waals surface area contributed by atoms with Crippen molar-refractivity contribution in [3.05, 3.63) is 89.1 Å². The van der Waals surface area contributed by atoms with Crippen molar-refractivity contribution in [3.63, 3.8) is 0 Å². The molecule has 0 spiro atoms. The highest BCUT2D eigenvalue weighted by atomic mass is 35.5. The van der Waals surface area contributed by atoms with Crippen LogP contribution in [0.1, 0.15) is 16.1 Å². The molecule has 0 aliphatic heterocycles. The van der Waals surface area contributed by atoms with E-state index in [9.17, 15) is 9.90 Å². The van der Waals surface area contributed by atoms with Gasteiger partial charge >= 0.3 is 0 Å². The Morgan fingerprint density at radius 2 is 1.83 bits per heavy atom. The summed E-state index contributed by atoms with van der Waals surface area (Å²) in [6, 6.07) is 21.9. The molecular weight excluding hydrogens is 420 g/mol. The molecule has 0 unspecified atom stereocenters. The van der Waals surface area contributed by atoms with Crippen LogP contribution in [-0.2, 0) is 6.61 Å². The number of halogens is 1. The van der Waals surface area contributed by atoms with Crippen LogP contribution in [0.3, 0.4) is 0 Å². The predicted octanol–water partition coefficient (Wildman–Crippen LogP) is 5.37. The SMILES string of the molecule is O=C(NC(=S)Nc1cc(-c2ccc(CO)o2)ccc1Cl)c1cccc2ccccc12. The summed E-state index contributed by atoms with van der Waals surface area (Å²) in [5.74, 6) is 0.743. The molecule has 4 aromatic rings. The van der Waals surface area contributed by atoms with Crippen LogP contribution in [0.4, 0.5) is 5.69 Å². The second-order valence-corrected chi connectivity index (χ2v) is 7.37. The number of hydrogen-bond donors (Lipinski definition) is 3. The molecular formula is C23H17ClN2O3S. The van der Waals surface area contributed by atoms with E-state index in [1.165, 1.54) is 0 Å². The fraction of sp³-hybridized carbons (Fsp3) is 0.0435. The third-order valence-corrected chi connectivity index (χ3v) is 5.11. The van der Waals surface area contributed by atoms with Gasteiger partial charge in [-0.2, -0.15) is 0 Å². The first-order valence-corrected chi connectivity index (χ1v) is 9.93. The Morgan fingerprint density at radius 3 is 2.63 bits per heavy atom. The van der Waals surface area contributed by atoms with E-state index in [1.54, 1.807) is 36.4 Å². The number of benzene rings is 3. The number of carbonyl (C=O) groups is 1. The number of anilines is 1. The van der Waals surface area contributed by atoms with Crippen LogP contribution in [-0.4, -0.2) is 16.1 Å². The van der Waals surface area contributed by atoms with Crippen LogP contribution in [0.25, 0.3) is 22.1 Å². The van der Waals surface area contributed by atoms with Gasteiger partial charge in [0.15, 0.2) is 5.11 Å². The van der Waals surface area contributed by atoms with Crippen molar-refractivity contribution in [2.75, 3.05) is 5.32 Å². The van der Waals surface area contributed by atoms with Crippen molar-refractivity contribution in [1.29, 1.82) is 0 Å². The number of amides is 1. The third kappa shape index (κ3) is 4.21. The molecule has 3 N–H and O–H groups in total. The molecule has 0 radical (unpaired) electrons. The van der Waals surface area contributed by atoms with Crippen molar-refractivity contribution in [2.45, 2.75) is 6.61 Å². The number of carbonyl (C=O) groups excluding carboxylic acids is 1. The van der Waals surface area contributed by atoms with E-state index >= 15 is 0 Å². The van der Waals surface area contributed by atoms with Gasteiger partial charge < -0.3 is 14.8 Å². The van der Waals surface area contributed by atoms with Crippen LogP contribution >= 0.6 is 23.8 Å². The lowest BCUT2D eigenvalue weighted by atomic mass is 10.0. The minimum atomic E-state index is -0.310. The van der Waals surface area contributed by atoms with Gasteiger partial charge in [0.05, 0.1) is 10.7 Å². The normalized spacial score (nSPS) is 10.7. The molecule has 0 aliphatic carbocycles. The fourth-order valence-corrected chi connectivity index (χ4v) is 3.51. The average molecular weight is 437 g/mol. The molecule has 7 heteroatoms. The number of hydrogen-bond acceptors (Lipinski definition) is 4. The van der Waals surface area contributed by atoms with Gasteiger partial charge in [0.1, 0.15) is 18.1 Å². The molecule has 4 rings (SSSR count). The molecule has 3 aromatic carbocycles. The monoisotopic (exact) mass is 436 g/mol. The zero-order valence-corrected chi connectivity index (χ0v) is 17.3. The molecule has 0 saturated carbocycles. The van der Waals surface area contributed by atoms with Gasteiger partial charge in [0.2, 0.25) is 0 Å². The predicted molar refractivity (Wildman–Crippen MR) is 123 cm³/mol. The van der Waals surface area contributed by atoms with E-state index in [4.69, 9.17) is 28.2 Å². The summed E-state index contributed by atoms with van der Waals surface area (Å²) in [6.07, 6.45) is 0. The van der Waals surface area contributed by atoms with Crippen LogP contribution < -0.4 is 10.6 Å². The number of thiocarbonyl (C=S) groups is 1. The number of furan rings is 1. The van der Waals surface area contributed by atoms with Gasteiger partial charge in [-0.1, -0.05) is 48.0 Å². The number of rotatable bonds is 4. The maximum absolute atomic E-state index is 12.8. The van der Waals surface area contributed by atoms with Crippen LogP contribution in [0.15, 0.2) is 77.2 Å². The summed E-state index contributed by atoms with van der Waals surface area (Å²) < 4.78 is 5.56. The maximum atomic E-state index is 12.8. The number of aliphatic hydroxyl groups is 1. The quantitative estimate of drug-likeness (QED) is 0.375. The highest BCUT2D eigenvalue weighted by molar-refractivity contribution is 7.80. The molecule has 0 aliphatic rings. The van der Waals surface area contributed by atoms with Crippen molar-refractivity contribution in [2.24, 2.45) is 0 Å². The van der Waals surface area contributed by atoms with Gasteiger partial charge in [-0.15, -0.1) is 0 Å². The molecule has 0 saturated heterocycles. The Balaban J connectivity index is 1.52. The van der Waals surface area contributed by atoms with Crippen molar-refractivity contribution >= 4 is 51.3 Å². The lowest BCUT2D eigenvalue weighted by molar-refractivity contribution is 0.0979. The van der Waals surface area contributed by atoms with E-state index in [0.29, 0.717) is 27.8 Å². The second-order valence-electron chi connectivity index (χ2n) is 6.55. The van der Waals surface area contributed by atoms with Gasteiger partial charge in [-0.3, -0.25) is 10.1 Å². The summed E-state index contributed by atoms with van der Waals surface area (Å²) >= 11 is 11.6. The Morgan fingerprint density at radius 1 is 1.03 bits per heavy atom. The summed E-state index contributed by atoms with van der Waals surface area (Å²) in [5, 5.41) is 17.2. The zero-order valence-electron chi connectivity index (χ0n) is 15.7. The Labute approximate surface area is 183 Å². The fourth-order valence-electron chi connectivity index (χ4n) is 3.14. The highest BCUT2D eigenvalue weighted by Crippen LogP contribution is 2.30. The molecule has 0 fully saturated rings. The van der Waals surface area contributed by atoms with Crippen LogP contribution in [0.5, 0.6) is 0 Å². The van der Waals surface area contributed by atoms with Crippen LogP contribution in [0.2, 0.25) is 5.02 Å². The first kappa shape index (κ1) is 20.1. The molecule has 1 heterocycles. The lowest BCUT2D eigenvalue weighted by Crippen LogP contribution is -2.34. The molecule has 0 atom stereocenters. The average Bonchev–Trinajstić information content (AvgIpc) is 3.24. The van der Waals surface area contributed by atoms with Gasteiger partial charge in [0, 0.05) is 11.1 Å². The van der Waals surface area contributed by atoms with Crippen molar-refractivity contribution < 1.29 is 14.3 Å². The lowest BCUT2D eigenvalue weighted by Gasteiger charge is -2.13. The molecule has 1 amide bonds. The minimum absolute atomic E-state index is 0.127. The smallest absolute Gasteiger partial charge is 0.258 e. The Hall–Kier alpha value is -3.19. The third-order valence-electron chi connectivity index (χ3n) is 4.58. The first-order chi connectivity index (χ1) is 14.5. The highest BCUT2D eigenvalue weighted by Gasteiger charge is 2.13. The van der Waals surface area contributed by atoms with E-state index in [-0.39, 0.29) is 17.6 Å². The Kier molecular flexibility index (Phi) is 5.81. The molecule has 1 aromatic heterocycles. The van der Waals surface area contributed by atoms with Crippen LogP contribution in [0, 0.1) is 0 Å². The van der Waals surface area contributed by atoms with E-state index in [2.05, 4.69) is 10.6 Å². The topological polar surface area (TPSA) is 74.5 Å². The Bertz CT molecular complexity index is 1250. The molecule has 30 heavy (non-hydrogen) atoms. The summed E-state index contributed by atoms with van der Waals surface area (Å²) in [7, 11) is 0. The number of nitrogens with one attached hydrogen (secondary N) is 2. The molecule has 0 bridgehead atoms. The van der Waals surface area contributed by atoms with E-state index in [0.717, 1.165) is 16.3 Å². The summed E-state index contributed by atoms with van der Waals surface area (Å²) in [6.45, 7) is -0.178. The molecule has 5 nitrogen and oxygen atoms in total. The zero-order chi connectivity index (χ0) is 21.1. The summed E-state index contributed by atoms with van der Waals surface area (Å²) in [5.41, 5.74) is 1.81. The first-order valence-electron chi connectivity index (χ1n) is 9.15. The van der Waals surface area contributed by atoms with Gasteiger partial charge in [-0.05, 0) is 59.4 Å². The maximum Gasteiger partial charge on any atom is 0.258 e. The van der Waals surface area contributed by atoms with E-state index in [1.807, 2.05) is 36.4 Å². The van der Waals surface area contributed by atoms with Crippen molar-refractivity contribution in [1.82, 2.24) is 5.32 Å². The van der Waals surface area contributed by atoms with Gasteiger partial charge in [0.25, 0.3) is 5.91 Å². The number of fused-ring (bicyclic) bond motifs is 1.